The monoisotopic (exact) mass is 400 g/mol. The topological polar surface area (TPSA) is 33.1 Å². The maximum atomic E-state index is 5.26. The lowest BCUT2D eigenvalue weighted by atomic mass is 9.91. The van der Waals surface area contributed by atoms with Crippen LogP contribution in [0.5, 0.6) is 0 Å². The molecule has 156 valence electrons. The first kappa shape index (κ1) is 19.4. The number of hydrogen-bond donors (Lipinski definition) is 1. The molecule has 2 aliphatic rings. The van der Waals surface area contributed by atoms with Crippen LogP contribution in [0.4, 0.5) is 5.82 Å². The van der Waals surface area contributed by atoms with Gasteiger partial charge in [0.2, 0.25) is 0 Å². The van der Waals surface area contributed by atoms with Crippen molar-refractivity contribution < 1.29 is 0 Å². The van der Waals surface area contributed by atoms with E-state index in [9.17, 15) is 0 Å². The van der Waals surface area contributed by atoms with Gasteiger partial charge in [0.25, 0.3) is 0 Å². The van der Waals surface area contributed by atoms with Gasteiger partial charge in [-0.2, -0.15) is 5.10 Å². The highest BCUT2D eigenvalue weighted by atomic mass is 15.3. The van der Waals surface area contributed by atoms with Crippen LogP contribution in [0.3, 0.4) is 0 Å². The lowest BCUT2D eigenvalue weighted by Crippen LogP contribution is -2.34. The molecule has 0 spiro atoms. The number of nitrogens with zero attached hydrogens (tertiary/aromatic N) is 3. The van der Waals surface area contributed by atoms with Crippen LogP contribution in [-0.4, -0.2) is 34.3 Å². The Bertz CT molecular complexity index is 992. The lowest BCUT2D eigenvalue weighted by Gasteiger charge is -2.32. The van der Waals surface area contributed by atoms with Crippen LogP contribution in [0.15, 0.2) is 54.6 Å². The van der Waals surface area contributed by atoms with Crippen molar-refractivity contribution in [1.29, 1.82) is 0 Å². The van der Waals surface area contributed by atoms with Gasteiger partial charge in [-0.05, 0) is 62.8 Å². The Hall–Kier alpha value is -2.59. The molecular weight excluding hydrogens is 368 g/mol. The van der Waals surface area contributed by atoms with Gasteiger partial charge in [-0.25, -0.2) is 4.68 Å². The summed E-state index contributed by atoms with van der Waals surface area (Å²) in [6, 6.07) is 19.5. The van der Waals surface area contributed by atoms with Gasteiger partial charge in [0.15, 0.2) is 0 Å². The van der Waals surface area contributed by atoms with E-state index in [1.807, 2.05) is 0 Å². The number of para-hydroxylation sites is 1. The quantitative estimate of drug-likeness (QED) is 0.644. The number of piperidine rings is 1. The average Bonchev–Trinajstić information content (AvgIpc) is 2.96. The maximum absolute atomic E-state index is 5.26. The zero-order chi connectivity index (χ0) is 20.3. The molecule has 1 atom stereocenters. The third-order valence-corrected chi connectivity index (χ3v) is 6.65. The molecule has 1 unspecified atom stereocenters. The van der Waals surface area contributed by atoms with E-state index < -0.39 is 0 Å². The van der Waals surface area contributed by atoms with Crippen molar-refractivity contribution in [1.82, 2.24) is 14.7 Å². The smallest absolute Gasteiger partial charge is 0.133 e. The van der Waals surface area contributed by atoms with Crippen molar-refractivity contribution in [3.05, 3.63) is 77.0 Å². The summed E-state index contributed by atoms with van der Waals surface area (Å²) < 4.78 is 2.20. The molecule has 1 aromatic heterocycles. The van der Waals surface area contributed by atoms with Gasteiger partial charge < -0.3 is 5.32 Å². The number of nitrogens with one attached hydrogen (secondary N) is 1. The average molecular weight is 401 g/mol. The minimum atomic E-state index is 0.515. The highest BCUT2D eigenvalue weighted by Crippen LogP contribution is 2.36. The van der Waals surface area contributed by atoms with Crippen LogP contribution in [0.25, 0.3) is 5.69 Å². The normalized spacial score (nSPS) is 19.7. The van der Waals surface area contributed by atoms with Crippen LogP contribution in [-0.2, 0) is 13.0 Å². The van der Waals surface area contributed by atoms with E-state index in [1.165, 1.54) is 66.1 Å². The number of aryl methyl sites for hydroxylation is 1. The molecule has 3 heterocycles. The predicted molar refractivity (Wildman–Crippen MR) is 123 cm³/mol. The Morgan fingerprint density at radius 1 is 1.00 bits per heavy atom. The zero-order valence-electron chi connectivity index (χ0n) is 18.0. The summed E-state index contributed by atoms with van der Waals surface area (Å²) in [5, 5.41) is 8.97. The Kier molecular flexibility index (Phi) is 5.58. The molecule has 3 aromatic rings. The van der Waals surface area contributed by atoms with Crippen molar-refractivity contribution in [3.8, 4) is 5.69 Å². The van der Waals surface area contributed by atoms with E-state index in [2.05, 4.69) is 76.4 Å². The van der Waals surface area contributed by atoms with Gasteiger partial charge in [-0.15, -0.1) is 0 Å². The summed E-state index contributed by atoms with van der Waals surface area (Å²) in [6.07, 6.45) is 6.10. The van der Waals surface area contributed by atoms with Crippen molar-refractivity contribution in [2.75, 3.05) is 25.0 Å². The molecule has 4 nitrogen and oxygen atoms in total. The second kappa shape index (κ2) is 8.65. The van der Waals surface area contributed by atoms with E-state index in [4.69, 9.17) is 5.10 Å². The third-order valence-electron chi connectivity index (χ3n) is 6.65. The molecule has 1 N–H and O–H groups in total. The fourth-order valence-electron chi connectivity index (χ4n) is 5.10. The van der Waals surface area contributed by atoms with Gasteiger partial charge in [0.1, 0.15) is 5.82 Å². The molecule has 0 bridgehead atoms. The SMILES string of the molecule is Cc1ccccc1-n1nc(C2CCCN(Cc3ccccc3)C2)c2c1NCCCC2. The molecule has 30 heavy (non-hydrogen) atoms. The van der Waals surface area contributed by atoms with Crippen LogP contribution in [0.1, 0.15) is 54.0 Å². The van der Waals surface area contributed by atoms with E-state index in [-0.39, 0.29) is 0 Å². The van der Waals surface area contributed by atoms with Gasteiger partial charge in [-0.3, -0.25) is 4.90 Å². The molecule has 4 heteroatoms. The van der Waals surface area contributed by atoms with Crippen molar-refractivity contribution in [2.45, 2.75) is 51.5 Å². The summed E-state index contributed by atoms with van der Waals surface area (Å²) in [5.41, 5.74) is 6.67. The fourth-order valence-corrected chi connectivity index (χ4v) is 5.10. The zero-order valence-corrected chi connectivity index (χ0v) is 18.0. The second-order valence-electron chi connectivity index (χ2n) is 8.85. The molecular formula is C26H32N4. The minimum Gasteiger partial charge on any atom is -0.370 e. The van der Waals surface area contributed by atoms with Gasteiger partial charge >= 0.3 is 0 Å². The molecule has 0 radical (unpaired) electrons. The third kappa shape index (κ3) is 3.89. The fraction of sp³-hybridized carbons (Fsp3) is 0.423. The number of hydrogen-bond acceptors (Lipinski definition) is 3. The van der Waals surface area contributed by atoms with Crippen LogP contribution in [0, 0.1) is 6.92 Å². The van der Waals surface area contributed by atoms with Gasteiger partial charge in [-0.1, -0.05) is 48.5 Å². The number of likely N-dealkylation sites (tertiary alicyclic amines) is 1. The van der Waals surface area contributed by atoms with E-state index >= 15 is 0 Å². The maximum Gasteiger partial charge on any atom is 0.133 e. The molecule has 0 aliphatic carbocycles. The second-order valence-corrected chi connectivity index (χ2v) is 8.85. The number of benzene rings is 2. The van der Waals surface area contributed by atoms with Crippen LogP contribution in [0.2, 0.25) is 0 Å². The van der Waals surface area contributed by atoms with Crippen molar-refractivity contribution in [3.63, 3.8) is 0 Å². The van der Waals surface area contributed by atoms with E-state index in [0.717, 1.165) is 26.1 Å². The summed E-state index contributed by atoms with van der Waals surface area (Å²) in [4.78, 5) is 2.62. The number of aromatic nitrogens is 2. The summed E-state index contributed by atoms with van der Waals surface area (Å²) in [5.74, 6) is 1.75. The minimum absolute atomic E-state index is 0.515. The first-order valence-corrected chi connectivity index (χ1v) is 11.5. The van der Waals surface area contributed by atoms with Crippen LogP contribution < -0.4 is 5.32 Å². The highest BCUT2D eigenvalue weighted by Gasteiger charge is 2.29. The summed E-state index contributed by atoms with van der Waals surface area (Å²) in [6.45, 7) is 6.55. The molecule has 2 aromatic carbocycles. The molecule has 5 rings (SSSR count). The Balaban J connectivity index is 1.47. The number of rotatable bonds is 4. The van der Waals surface area contributed by atoms with Crippen molar-refractivity contribution >= 4 is 5.82 Å². The largest absolute Gasteiger partial charge is 0.370 e. The Morgan fingerprint density at radius 3 is 2.70 bits per heavy atom. The molecule has 1 fully saturated rings. The van der Waals surface area contributed by atoms with E-state index in [1.54, 1.807) is 0 Å². The molecule has 0 amide bonds. The summed E-state index contributed by atoms with van der Waals surface area (Å²) >= 11 is 0. The predicted octanol–water partition coefficient (Wildman–Crippen LogP) is 5.31. The highest BCUT2D eigenvalue weighted by molar-refractivity contribution is 5.56. The summed E-state index contributed by atoms with van der Waals surface area (Å²) in [7, 11) is 0. The Morgan fingerprint density at radius 2 is 1.83 bits per heavy atom. The van der Waals surface area contributed by atoms with Gasteiger partial charge in [0, 0.05) is 31.1 Å². The Labute approximate surface area is 179 Å². The standard InChI is InChI=1S/C26H32N4/c1-20-10-5-6-15-24(20)30-26-23(14-7-8-16-27-26)25(28-30)22-13-9-17-29(19-22)18-21-11-3-2-4-12-21/h2-6,10-12,15,22,27H,7-9,13-14,16-19H2,1H3. The lowest BCUT2D eigenvalue weighted by molar-refractivity contribution is 0.198. The molecule has 2 aliphatic heterocycles. The van der Waals surface area contributed by atoms with Gasteiger partial charge in [0.05, 0.1) is 11.4 Å². The number of fused-ring (bicyclic) bond motifs is 1. The van der Waals surface area contributed by atoms with Crippen LogP contribution >= 0.6 is 0 Å². The first-order valence-electron chi connectivity index (χ1n) is 11.5. The number of anilines is 1. The molecule has 0 saturated carbocycles. The molecule has 1 saturated heterocycles. The first-order chi connectivity index (χ1) is 14.8. The van der Waals surface area contributed by atoms with Crippen molar-refractivity contribution in [2.24, 2.45) is 0 Å². The van der Waals surface area contributed by atoms with E-state index in [0.29, 0.717) is 5.92 Å².